The first kappa shape index (κ1) is 6.34. The highest BCUT2D eigenvalue weighted by molar-refractivity contribution is 5.91. The smallest absolute Gasteiger partial charge is 0.209 e. The van der Waals surface area contributed by atoms with E-state index in [0.29, 0.717) is 0 Å². The molecule has 0 rings (SSSR count). The molecule has 0 N–H and O–H groups in total. The normalized spacial score (nSPS) is 12.9. The van der Waals surface area contributed by atoms with Crippen LogP contribution in [-0.2, 0) is 9.59 Å². The SMILES string of the molecule is CC(=O)C(C)[C]=O. The summed E-state index contributed by atoms with van der Waals surface area (Å²) in [5.41, 5.74) is 0. The molecule has 0 spiro atoms. The van der Waals surface area contributed by atoms with Crippen LogP contribution in [0.5, 0.6) is 0 Å². The van der Waals surface area contributed by atoms with Gasteiger partial charge >= 0.3 is 0 Å². The third-order valence-corrected chi connectivity index (χ3v) is 0.787. The van der Waals surface area contributed by atoms with Gasteiger partial charge in [-0.1, -0.05) is 0 Å². The van der Waals surface area contributed by atoms with Crippen LogP contribution in [0.15, 0.2) is 0 Å². The molecule has 0 aromatic rings. The van der Waals surface area contributed by atoms with E-state index >= 15 is 0 Å². The average molecular weight is 99.1 g/mol. The van der Waals surface area contributed by atoms with Crippen LogP contribution in [0.25, 0.3) is 0 Å². The number of hydrogen-bond acceptors (Lipinski definition) is 2. The Labute approximate surface area is 42.5 Å². The molecule has 1 unspecified atom stereocenters. The molecule has 0 aliphatic carbocycles. The zero-order chi connectivity index (χ0) is 5.86. The molecule has 1 atom stereocenters. The predicted molar refractivity (Wildman–Crippen MR) is 25.5 cm³/mol. The largest absolute Gasteiger partial charge is 0.299 e. The molecule has 2 nitrogen and oxygen atoms in total. The van der Waals surface area contributed by atoms with Gasteiger partial charge in [-0.05, 0) is 13.8 Å². The summed E-state index contributed by atoms with van der Waals surface area (Å²) in [6.07, 6.45) is 1.56. The van der Waals surface area contributed by atoms with E-state index in [9.17, 15) is 9.59 Å². The fourth-order valence-corrected chi connectivity index (χ4v) is 0.0830. The quantitative estimate of drug-likeness (QED) is 0.467. The highest BCUT2D eigenvalue weighted by atomic mass is 16.1. The van der Waals surface area contributed by atoms with Gasteiger partial charge in [0.2, 0.25) is 6.29 Å². The molecule has 2 heteroatoms. The van der Waals surface area contributed by atoms with E-state index in [-0.39, 0.29) is 5.78 Å². The van der Waals surface area contributed by atoms with E-state index in [0.717, 1.165) is 0 Å². The molecule has 0 aromatic carbocycles. The van der Waals surface area contributed by atoms with Gasteiger partial charge in [-0.3, -0.25) is 9.59 Å². The van der Waals surface area contributed by atoms with Crippen LogP contribution in [0.4, 0.5) is 0 Å². The molecule has 0 bridgehead atoms. The molecule has 0 aromatic heterocycles. The Hall–Kier alpha value is -0.660. The topological polar surface area (TPSA) is 34.1 Å². The van der Waals surface area contributed by atoms with Crippen LogP contribution < -0.4 is 0 Å². The van der Waals surface area contributed by atoms with Crippen molar-refractivity contribution in [3.05, 3.63) is 0 Å². The second kappa shape index (κ2) is 2.50. The molecular formula is C5H7O2. The molecule has 0 aliphatic heterocycles. The van der Waals surface area contributed by atoms with E-state index < -0.39 is 5.92 Å². The Kier molecular flexibility index (Phi) is 2.27. The molecule has 7 heavy (non-hydrogen) atoms. The number of carbonyl (C=O) groups is 1. The van der Waals surface area contributed by atoms with Crippen molar-refractivity contribution in [2.75, 3.05) is 0 Å². The number of ketones is 1. The van der Waals surface area contributed by atoms with Crippen LogP contribution in [0.2, 0.25) is 0 Å². The van der Waals surface area contributed by atoms with Crippen LogP contribution in [-0.4, -0.2) is 12.1 Å². The summed E-state index contributed by atoms with van der Waals surface area (Å²) in [4.78, 5) is 19.7. The third kappa shape index (κ3) is 2.09. The lowest BCUT2D eigenvalue weighted by molar-refractivity contribution is -0.118. The second-order valence-corrected chi connectivity index (χ2v) is 1.45. The van der Waals surface area contributed by atoms with E-state index in [2.05, 4.69) is 0 Å². The number of carbonyl (C=O) groups excluding carboxylic acids is 2. The van der Waals surface area contributed by atoms with Gasteiger partial charge in [0.15, 0.2) is 0 Å². The van der Waals surface area contributed by atoms with Crippen molar-refractivity contribution in [3.63, 3.8) is 0 Å². The standard InChI is InChI=1S/C5H7O2/c1-4(3-6)5(2)7/h4H,1-2H3. The lowest BCUT2D eigenvalue weighted by Crippen LogP contribution is -2.05. The second-order valence-electron chi connectivity index (χ2n) is 1.45. The minimum Gasteiger partial charge on any atom is -0.299 e. The van der Waals surface area contributed by atoms with Crippen molar-refractivity contribution >= 4 is 12.1 Å². The van der Waals surface area contributed by atoms with Gasteiger partial charge in [0.05, 0.1) is 5.92 Å². The summed E-state index contributed by atoms with van der Waals surface area (Å²) in [6.45, 7) is 2.89. The number of hydrogen-bond donors (Lipinski definition) is 0. The summed E-state index contributed by atoms with van der Waals surface area (Å²) in [5.74, 6) is -0.671. The molecule has 0 aliphatic rings. The highest BCUT2D eigenvalue weighted by Gasteiger charge is 2.03. The van der Waals surface area contributed by atoms with Gasteiger partial charge in [-0.25, -0.2) is 0 Å². The first-order valence-corrected chi connectivity index (χ1v) is 2.06. The van der Waals surface area contributed by atoms with Crippen LogP contribution >= 0.6 is 0 Å². The summed E-state index contributed by atoms with van der Waals surface area (Å²) < 4.78 is 0. The van der Waals surface area contributed by atoms with E-state index in [4.69, 9.17) is 0 Å². The van der Waals surface area contributed by atoms with Gasteiger partial charge in [-0.2, -0.15) is 0 Å². The molecule has 1 radical (unpaired) electrons. The van der Waals surface area contributed by atoms with Gasteiger partial charge in [0.25, 0.3) is 0 Å². The fourth-order valence-electron chi connectivity index (χ4n) is 0.0830. The molecule has 0 fully saturated rings. The number of Topliss-reactive ketones (excluding diaryl/α,β-unsaturated/α-hetero) is 1. The zero-order valence-electron chi connectivity index (χ0n) is 4.39. The number of rotatable bonds is 2. The maximum Gasteiger partial charge on any atom is 0.209 e. The average Bonchev–Trinajstić information content (AvgIpc) is 1.65. The summed E-state index contributed by atoms with van der Waals surface area (Å²) >= 11 is 0. The van der Waals surface area contributed by atoms with Crippen LogP contribution in [0.1, 0.15) is 13.8 Å². The van der Waals surface area contributed by atoms with Crippen molar-refractivity contribution in [3.8, 4) is 0 Å². The molecule has 0 saturated carbocycles. The predicted octanol–water partition coefficient (Wildman–Crippen LogP) is 0.321. The van der Waals surface area contributed by atoms with E-state index in [1.165, 1.54) is 13.8 Å². The van der Waals surface area contributed by atoms with Gasteiger partial charge in [0, 0.05) is 0 Å². The van der Waals surface area contributed by atoms with Gasteiger partial charge in [-0.15, -0.1) is 0 Å². The Morgan fingerprint density at radius 2 is 2.14 bits per heavy atom. The molecule has 0 amide bonds. The van der Waals surface area contributed by atoms with E-state index in [1.807, 2.05) is 0 Å². The Morgan fingerprint density at radius 3 is 2.14 bits per heavy atom. The first-order chi connectivity index (χ1) is 3.18. The maximum atomic E-state index is 10.1. The van der Waals surface area contributed by atoms with Crippen molar-refractivity contribution in [1.29, 1.82) is 0 Å². The Morgan fingerprint density at radius 1 is 1.71 bits per heavy atom. The van der Waals surface area contributed by atoms with Crippen molar-refractivity contribution in [2.24, 2.45) is 5.92 Å². The zero-order valence-corrected chi connectivity index (χ0v) is 4.39. The van der Waals surface area contributed by atoms with Gasteiger partial charge < -0.3 is 0 Å². The summed E-state index contributed by atoms with van der Waals surface area (Å²) in [5, 5.41) is 0. The van der Waals surface area contributed by atoms with E-state index in [1.54, 1.807) is 6.29 Å². The van der Waals surface area contributed by atoms with Crippen LogP contribution in [0, 0.1) is 5.92 Å². The fraction of sp³-hybridized carbons (Fsp3) is 0.600. The minimum atomic E-state index is -0.542. The Balaban J connectivity index is 3.55. The molecule has 0 heterocycles. The van der Waals surface area contributed by atoms with Crippen LogP contribution in [0.3, 0.4) is 0 Å². The van der Waals surface area contributed by atoms with Crippen molar-refractivity contribution in [2.45, 2.75) is 13.8 Å². The third-order valence-electron chi connectivity index (χ3n) is 0.787. The van der Waals surface area contributed by atoms with Gasteiger partial charge in [0.1, 0.15) is 5.78 Å². The van der Waals surface area contributed by atoms with Crippen molar-refractivity contribution in [1.82, 2.24) is 0 Å². The summed E-state index contributed by atoms with van der Waals surface area (Å²) in [6, 6.07) is 0. The molecule has 0 saturated heterocycles. The maximum absolute atomic E-state index is 10.1. The van der Waals surface area contributed by atoms with Crippen molar-refractivity contribution < 1.29 is 9.59 Å². The minimum absolute atomic E-state index is 0.130. The molecule has 39 valence electrons. The first-order valence-electron chi connectivity index (χ1n) is 2.06. The summed E-state index contributed by atoms with van der Waals surface area (Å²) in [7, 11) is 0. The lowest BCUT2D eigenvalue weighted by atomic mass is 10.1. The lowest BCUT2D eigenvalue weighted by Gasteiger charge is -1.88. The highest BCUT2D eigenvalue weighted by Crippen LogP contribution is 1.87. The monoisotopic (exact) mass is 99.0 g/mol. The Bertz CT molecular complexity index is 86.1. The molecular weight excluding hydrogens is 92.1 g/mol.